The molecule has 122 valence electrons. The molecule has 24 heavy (non-hydrogen) atoms. The van der Waals surface area contributed by atoms with Crippen LogP contribution in [0.3, 0.4) is 0 Å². The van der Waals surface area contributed by atoms with Gasteiger partial charge < -0.3 is 10.1 Å². The summed E-state index contributed by atoms with van der Waals surface area (Å²) in [6.07, 6.45) is -0.936. The van der Waals surface area contributed by atoms with Crippen LogP contribution >= 0.6 is 0 Å². The third-order valence-electron chi connectivity index (χ3n) is 3.54. The number of esters is 1. The molecule has 0 aliphatic rings. The minimum absolute atomic E-state index is 0.433. The van der Waals surface area contributed by atoms with Gasteiger partial charge >= 0.3 is 5.97 Å². The van der Waals surface area contributed by atoms with Crippen molar-refractivity contribution in [2.24, 2.45) is 0 Å². The van der Waals surface area contributed by atoms with Crippen LogP contribution in [0.4, 0.5) is 5.69 Å². The summed E-state index contributed by atoms with van der Waals surface area (Å²) in [5, 5.41) is 11.4. The lowest BCUT2D eigenvalue weighted by atomic mass is 10.1. The normalized spacial score (nSPS) is 11.2. The van der Waals surface area contributed by atoms with Gasteiger partial charge in [0, 0.05) is 5.69 Å². The highest BCUT2D eigenvalue weighted by molar-refractivity contribution is 5.97. The zero-order valence-corrected chi connectivity index (χ0v) is 13.8. The van der Waals surface area contributed by atoms with E-state index in [0.29, 0.717) is 16.8 Å². The fourth-order valence-corrected chi connectivity index (χ4v) is 2.19. The topological polar surface area (TPSA) is 79.2 Å². The highest BCUT2D eigenvalue weighted by atomic mass is 16.5. The first-order valence-corrected chi connectivity index (χ1v) is 7.50. The zero-order chi connectivity index (χ0) is 17.7. The van der Waals surface area contributed by atoms with Crippen molar-refractivity contribution in [3.8, 4) is 6.07 Å². The summed E-state index contributed by atoms with van der Waals surface area (Å²) >= 11 is 0. The van der Waals surface area contributed by atoms with E-state index in [1.807, 2.05) is 32.0 Å². The largest absolute Gasteiger partial charge is 0.449 e. The van der Waals surface area contributed by atoms with Gasteiger partial charge in [-0.3, -0.25) is 4.79 Å². The SMILES string of the molecule is Cc1ccc(C(=O)O[C@@H](C)C(=O)Nc2ccc(C#N)cc2)c(C)c1. The van der Waals surface area contributed by atoms with Gasteiger partial charge in [0.25, 0.3) is 5.91 Å². The van der Waals surface area contributed by atoms with Crippen molar-refractivity contribution in [2.45, 2.75) is 26.9 Å². The highest BCUT2D eigenvalue weighted by Gasteiger charge is 2.20. The minimum Gasteiger partial charge on any atom is -0.449 e. The summed E-state index contributed by atoms with van der Waals surface area (Å²) in [4.78, 5) is 24.3. The molecule has 5 heteroatoms. The van der Waals surface area contributed by atoms with Crippen molar-refractivity contribution in [1.82, 2.24) is 0 Å². The van der Waals surface area contributed by atoms with Gasteiger partial charge in [0.2, 0.25) is 0 Å². The van der Waals surface area contributed by atoms with Crippen LogP contribution in [0.2, 0.25) is 0 Å². The number of hydrogen-bond donors (Lipinski definition) is 1. The van der Waals surface area contributed by atoms with Crippen molar-refractivity contribution in [3.05, 3.63) is 64.7 Å². The second-order valence-corrected chi connectivity index (χ2v) is 5.54. The summed E-state index contributed by atoms with van der Waals surface area (Å²) < 4.78 is 5.23. The van der Waals surface area contributed by atoms with Crippen LogP contribution in [0.5, 0.6) is 0 Å². The van der Waals surface area contributed by atoms with E-state index < -0.39 is 18.0 Å². The van der Waals surface area contributed by atoms with Crippen LogP contribution in [0, 0.1) is 25.2 Å². The van der Waals surface area contributed by atoms with Gasteiger partial charge in [-0.1, -0.05) is 17.7 Å². The lowest BCUT2D eigenvalue weighted by molar-refractivity contribution is -0.123. The Morgan fingerprint density at radius 1 is 1.12 bits per heavy atom. The lowest BCUT2D eigenvalue weighted by Crippen LogP contribution is -2.30. The number of carbonyl (C=O) groups is 2. The average molecular weight is 322 g/mol. The molecule has 0 radical (unpaired) electrons. The molecule has 0 aliphatic heterocycles. The maximum absolute atomic E-state index is 12.2. The van der Waals surface area contributed by atoms with Crippen LogP contribution < -0.4 is 5.32 Å². The monoisotopic (exact) mass is 322 g/mol. The Balaban J connectivity index is 2.00. The maximum Gasteiger partial charge on any atom is 0.339 e. The smallest absolute Gasteiger partial charge is 0.339 e. The number of nitriles is 1. The molecule has 2 aromatic rings. The minimum atomic E-state index is -0.936. The molecule has 0 unspecified atom stereocenters. The summed E-state index contributed by atoms with van der Waals surface area (Å²) in [7, 11) is 0. The Hall–Kier alpha value is -3.13. The number of aryl methyl sites for hydroxylation is 2. The molecule has 1 atom stereocenters. The Morgan fingerprint density at radius 2 is 1.79 bits per heavy atom. The van der Waals surface area contributed by atoms with E-state index in [-0.39, 0.29) is 0 Å². The van der Waals surface area contributed by atoms with Crippen LogP contribution in [0.15, 0.2) is 42.5 Å². The highest BCUT2D eigenvalue weighted by Crippen LogP contribution is 2.14. The molecule has 2 rings (SSSR count). The first-order chi connectivity index (χ1) is 11.4. The van der Waals surface area contributed by atoms with Crippen molar-refractivity contribution in [3.63, 3.8) is 0 Å². The number of nitrogens with one attached hydrogen (secondary N) is 1. The van der Waals surface area contributed by atoms with Crippen molar-refractivity contribution in [1.29, 1.82) is 5.26 Å². The number of nitrogens with zero attached hydrogens (tertiary/aromatic N) is 1. The van der Waals surface area contributed by atoms with E-state index in [4.69, 9.17) is 10.00 Å². The molecule has 5 nitrogen and oxygen atoms in total. The lowest BCUT2D eigenvalue weighted by Gasteiger charge is -2.14. The van der Waals surface area contributed by atoms with Gasteiger partial charge in [0.05, 0.1) is 17.2 Å². The van der Waals surface area contributed by atoms with Gasteiger partial charge in [0.1, 0.15) is 0 Å². The average Bonchev–Trinajstić information content (AvgIpc) is 2.55. The third kappa shape index (κ3) is 4.20. The van der Waals surface area contributed by atoms with Crippen molar-refractivity contribution >= 4 is 17.6 Å². The summed E-state index contributed by atoms with van der Waals surface area (Å²) in [5.41, 5.74) is 3.34. The molecule has 2 aromatic carbocycles. The predicted molar refractivity (Wildman–Crippen MR) is 90.6 cm³/mol. The number of benzene rings is 2. The van der Waals surface area contributed by atoms with E-state index in [1.165, 1.54) is 6.92 Å². The Kier molecular flexibility index (Phi) is 5.33. The van der Waals surface area contributed by atoms with Crippen LogP contribution in [0.25, 0.3) is 0 Å². The summed E-state index contributed by atoms with van der Waals surface area (Å²) in [6, 6.07) is 13.8. The number of anilines is 1. The van der Waals surface area contributed by atoms with Crippen LogP contribution in [-0.2, 0) is 9.53 Å². The predicted octanol–water partition coefficient (Wildman–Crippen LogP) is 3.36. The first kappa shape index (κ1) is 17.2. The van der Waals surface area contributed by atoms with Gasteiger partial charge in [0.15, 0.2) is 6.10 Å². The molecule has 0 heterocycles. The standard InChI is InChI=1S/C19H18N2O3/c1-12-4-9-17(13(2)10-12)19(23)24-14(3)18(22)21-16-7-5-15(11-20)6-8-16/h4-10,14H,1-3H3,(H,21,22)/t14-/m0/s1. The van der Waals surface area contributed by atoms with Gasteiger partial charge in [-0.15, -0.1) is 0 Å². The number of hydrogen-bond acceptors (Lipinski definition) is 4. The molecule has 0 spiro atoms. The quantitative estimate of drug-likeness (QED) is 0.875. The summed E-state index contributed by atoms with van der Waals surface area (Å²) in [6.45, 7) is 5.28. The van der Waals surface area contributed by atoms with Gasteiger partial charge in [-0.2, -0.15) is 5.26 Å². The number of carbonyl (C=O) groups excluding carboxylic acids is 2. The molecule has 0 bridgehead atoms. The zero-order valence-electron chi connectivity index (χ0n) is 13.8. The van der Waals surface area contributed by atoms with Gasteiger partial charge in [-0.25, -0.2) is 4.79 Å². The van der Waals surface area contributed by atoms with Crippen LogP contribution in [-0.4, -0.2) is 18.0 Å². The molecule has 1 N–H and O–H groups in total. The van der Waals surface area contributed by atoms with E-state index in [0.717, 1.165) is 11.1 Å². The summed E-state index contributed by atoms with van der Waals surface area (Å²) in [5.74, 6) is -0.965. The number of ether oxygens (including phenoxy) is 1. The van der Waals surface area contributed by atoms with Crippen LogP contribution in [0.1, 0.15) is 34.0 Å². The van der Waals surface area contributed by atoms with E-state index >= 15 is 0 Å². The Labute approximate surface area is 140 Å². The van der Waals surface area contributed by atoms with Crippen molar-refractivity contribution in [2.75, 3.05) is 5.32 Å². The maximum atomic E-state index is 12.2. The second kappa shape index (κ2) is 7.42. The van der Waals surface area contributed by atoms with E-state index in [2.05, 4.69) is 5.32 Å². The van der Waals surface area contributed by atoms with E-state index in [9.17, 15) is 9.59 Å². The third-order valence-corrected chi connectivity index (χ3v) is 3.54. The van der Waals surface area contributed by atoms with E-state index in [1.54, 1.807) is 30.3 Å². The molecule has 0 saturated heterocycles. The molecule has 0 saturated carbocycles. The first-order valence-electron chi connectivity index (χ1n) is 7.50. The molecule has 0 aliphatic carbocycles. The van der Waals surface area contributed by atoms with Crippen molar-refractivity contribution < 1.29 is 14.3 Å². The number of rotatable bonds is 4. The molecule has 0 fully saturated rings. The molecular formula is C19H18N2O3. The number of amides is 1. The Bertz CT molecular complexity index is 804. The fourth-order valence-electron chi connectivity index (χ4n) is 2.19. The molecule has 1 amide bonds. The fraction of sp³-hybridized carbons (Fsp3) is 0.211. The molecular weight excluding hydrogens is 304 g/mol. The second-order valence-electron chi connectivity index (χ2n) is 5.54. The Morgan fingerprint density at radius 3 is 2.38 bits per heavy atom. The van der Waals surface area contributed by atoms with Gasteiger partial charge in [-0.05, 0) is 56.7 Å². The molecule has 0 aromatic heterocycles.